The van der Waals surface area contributed by atoms with Gasteiger partial charge in [-0.25, -0.2) is 0 Å². The third-order valence-corrected chi connectivity index (χ3v) is 4.06. The lowest BCUT2D eigenvalue weighted by atomic mass is 9.99. The molecule has 19 heavy (non-hydrogen) atoms. The SMILES string of the molecule is CC1CCN(CC(O)CNCC2=CCCOC2)CC1. The zero-order valence-electron chi connectivity index (χ0n) is 12.1. The fourth-order valence-corrected chi connectivity index (χ4v) is 2.74. The van der Waals surface area contributed by atoms with Gasteiger partial charge in [0, 0.05) is 19.6 Å². The topological polar surface area (TPSA) is 44.7 Å². The van der Waals surface area contributed by atoms with Crippen molar-refractivity contribution < 1.29 is 9.84 Å². The van der Waals surface area contributed by atoms with Crippen LogP contribution in [-0.2, 0) is 4.74 Å². The van der Waals surface area contributed by atoms with E-state index in [0.717, 1.165) is 51.7 Å². The Kier molecular flexibility index (Phi) is 6.31. The maximum atomic E-state index is 10.0. The number of ether oxygens (including phenoxy) is 1. The van der Waals surface area contributed by atoms with Crippen LogP contribution < -0.4 is 5.32 Å². The van der Waals surface area contributed by atoms with Crippen LogP contribution in [0.1, 0.15) is 26.2 Å². The molecule has 0 radical (unpaired) electrons. The van der Waals surface area contributed by atoms with Crippen molar-refractivity contribution in [3.05, 3.63) is 11.6 Å². The van der Waals surface area contributed by atoms with Crippen LogP contribution >= 0.6 is 0 Å². The Labute approximate surface area is 116 Å². The van der Waals surface area contributed by atoms with Crippen LogP contribution in [0.15, 0.2) is 11.6 Å². The molecule has 1 unspecified atom stereocenters. The first-order chi connectivity index (χ1) is 9.24. The van der Waals surface area contributed by atoms with Crippen molar-refractivity contribution in [3.8, 4) is 0 Å². The number of β-amino-alcohol motifs (C(OH)–C–C–N with tert-alkyl or cyclic N) is 1. The van der Waals surface area contributed by atoms with Crippen molar-refractivity contribution >= 4 is 0 Å². The second-order valence-electron chi connectivity index (χ2n) is 5.97. The van der Waals surface area contributed by atoms with Crippen molar-refractivity contribution in [1.29, 1.82) is 0 Å². The summed E-state index contributed by atoms with van der Waals surface area (Å²) in [5.41, 5.74) is 1.31. The van der Waals surface area contributed by atoms with E-state index in [4.69, 9.17) is 4.74 Å². The number of aliphatic hydroxyl groups excluding tert-OH is 1. The summed E-state index contributed by atoms with van der Waals surface area (Å²) in [4.78, 5) is 2.38. The van der Waals surface area contributed by atoms with Crippen LogP contribution in [0, 0.1) is 5.92 Å². The van der Waals surface area contributed by atoms with Crippen LogP contribution in [0.25, 0.3) is 0 Å². The summed E-state index contributed by atoms with van der Waals surface area (Å²) < 4.78 is 5.39. The third kappa shape index (κ3) is 5.61. The van der Waals surface area contributed by atoms with Gasteiger partial charge in [-0.2, -0.15) is 0 Å². The summed E-state index contributed by atoms with van der Waals surface area (Å²) in [6.45, 7) is 8.49. The Bertz CT molecular complexity index is 286. The van der Waals surface area contributed by atoms with Gasteiger partial charge < -0.3 is 20.1 Å². The molecule has 1 fully saturated rings. The molecule has 0 spiro atoms. The van der Waals surface area contributed by atoms with Crippen LogP contribution in [0.4, 0.5) is 0 Å². The van der Waals surface area contributed by atoms with E-state index in [-0.39, 0.29) is 6.10 Å². The molecule has 4 nitrogen and oxygen atoms in total. The molecule has 0 aromatic rings. The molecule has 2 aliphatic heterocycles. The van der Waals surface area contributed by atoms with E-state index in [2.05, 4.69) is 23.2 Å². The van der Waals surface area contributed by atoms with E-state index in [1.165, 1.54) is 18.4 Å². The second kappa shape index (κ2) is 8.00. The average Bonchev–Trinajstić information content (AvgIpc) is 2.43. The molecule has 0 amide bonds. The minimum Gasteiger partial charge on any atom is -0.390 e. The van der Waals surface area contributed by atoms with E-state index in [9.17, 15) is 5.11 Å². The number of hydrogen-bond acceptors (Lipinski definition) is 4. The van der Waals surface area contributed by atoms with Gasteiger partial charge in [-0.1, -0.05) is 13.0 Å². The Morgan fingerprint density at radius 3 is 2.95 bits per heavy atom. The molecule has 0 bridgehead atoms. The molecule has 1 saturated heterocycles. The van der Waals surface area contributed by atoms with Crippen molar-refractivity contribution in [2.45, 2.75) is 32.3 Å². The molecule has 2 aliphatic rings. The van der Waals surface area contributed by atoms with Gasteiger partial charge in [0.1, 0.15) is 0 Å². The van der Waals surface area contributed by atoms with Gasteiger partial charge in [-0.15, -0.1) is 0 Å². The molecule has 4 heteroatoms. The number of aliphatic hydroxyl groups is 1. The van der Waals surface area contributed by atoms with E-state index >= 15 is 0 Å². The van der Waals surface area contributed by atoms with Gasteiger partial charge in [-0.05, 0) is 43.8 Å². The molecular formula is C15H28N2O2. The fraction of sp³-hybridized carbons (Fsp3) is 0.867. The molecule has 2 N–H and O–H groups in total. The van der Waals surface area contributed by atoms with Crippen molar-refractivity contribution in [2.75, 3.05) is 45.9 Å². The van der Waals surface area contributed by atoms with Crippen molar-refractivity contribution in [2.24, 2.45) is 5.92 Å². The number of piperidine rings is 1. The molecule has 0 aliphatic carbocycles. The van der Waals surface area contributed by atoms with Crippen LogP contribution in [-0.4, -0.2) is 62.0 Å². The van der Waals surface area contributed by atoms with Gasteiger partial charge in [0.25, 0.3) is 0 Å². The first kappa shape index (κ1) is 15.0. The Balaban J connectivity index is 1.56. The summed E-state index contributed by atoms with van der Waals surface area (Å²) in [6, 6.07) is 0. The quantitative estimate of drug-likeness (QED) is 0.706. The largest absolute Gasteiger partial charge is 0.390 e. The minimum absolute atomic E-state index is 0.265. The zero-order valence-corrected chi connectivity index (χ0v) is 12.1. The monoisotopic (exact) mass is 268 g/mol. The van der Waals surface area contributed by atoms with Gasteiger partial charge in [0.05, 0.1) is 19.3 Å². The van der Waals surface area contributed by atoms with Gasteiger partial charge >= 0.3 is 0 Å². The van der Waals surface area contributed by atoms with Gasteiger partial charge in [0.2, 0.25) is 0 Å². The molecule has 0 aromatic carbocycles. The summed E-state index contributed by atoms with van der Waals surface area (Å²) >= 11 is 0. The average molecular weight is 268 g/mol. The smallest absolute Gasteiger partial charge is 0.0791 e. The highest BCUT2D eigenvalue weighted by molar-refractivity contribution is 5.06. The van der Waals surface area contributed by atoms with E-state index in [1.807, 2.05) is 0 Å². The number of hydrogen-bond donors (Lipinski definition) is 2. The summed E-state index contributed by atoms with van der Waals surface area (Å²) in [7, 11) is 0. The number of nitrogens with zero attached hydrogens (tertiary/aromatic N) is 1. The van der Waals surface area contributed by atoms with Gasteiger partial charge in [-0.3, -0.25) is 0 Å². The lowest BCUT2D eigenvalue weighted by Crippen LogP contribution is -2.42. The maximum Gasteiger partial charge on any atom is 0.0791 e. The van der Waals surface area contributed by atoms with Crippen molar-refractivity contribution in [3.63, 3.8) is 0 Å². The Hall–Kier alpha value is -0.420. The highest BCUT2D eigenvalue weighted by Gasteiger charge is 2.18. The van der Waals surface area contributed by atoms with Crippen LogP contribution in [0.2, 0.25) is 0 Å². The standard InChI is InChI=1S/C15H28N2O2/c1-13-4-6-17(7-5-13)11-15(18)10-16-9-14-3-2-8-19-12-14/h3,13,15-16,18H,2,4-12H2,1H3. The third-order valence-electron chi connectivity index (χ3n) is 4.06. The lowest BCUT2D eigenvalue weighted by molar-refractivity contribution is 0.0908. The Morgan fingerprint density at radius 1 is 1.47 bits per heavy atom. The second-order valence-corrected chi connectivity index (χ2v) is 5.97. The van der Waals surface area contributed by atoms with Crippen molar-refractivity contribution in [1.82, 2.24) is 10.2 Å². The molecule has 110 valence electrons. The molecular weight excluding hydrogens is 240 g/mol. The van der Waals surface area contributed by atoms with Crippen LogP contribution in [0.3, 0.4) is 0 Å². The lowest BCUT2D eigenvalue weighted by Gasteiger charge is -2.31. The maximum absolute atomic E-state index is 10.0. The molecule has 0 aromatic heterocycles. The normalized spacial score (nSPS) is 24.2. The molecule has 2 rings (SSSR count). The predicted octanol–water partition coefficient (Wildman–Crippen LogP) is 1.02. The molecule has 2 heterocycles. The molecule has 1 atom stereocenters. The predicted molar refractivity (Wildman–Crippen MR) is 77.2 cm³/mol. The highest BCUT2D eigenvalue weighted by Crippen LogP contribution is 2.15. The zero-order chi connectivity index (χ0) is 13.5. The first-order valence-corrected chi connectivity index (χ1v) is 7.61. The highest BCUT2D eigenvalue weighted by atomic mass is 16.5. The van der Waals surface area contributed by atoms with E-state index in [1.54, 1.807) is 0 Å². The van der Waals surface area contributed by atoms with E-state index in [0.29, 0.717) is 6.54 Å². The minimum atomic E-state index is -0.265. The van der Waals surface area contributed by atoms with Gasteiger partial charge in [0.15, 0.2) is 0 Å². The van der Waals surface area contributed by atoms with E-state index < -0.39 is 0 Å². The first-order valence-electron chi connectivity index (χ1n) is 7.61. The number of rotatable bonds is 6. The fourth-order valence-electron chi connectivity index (χ4n) is 2.74. The molecule has 0 saturated carbocycles. The summed E-state index contributed by atoms with van der Waals surface area (Å²) in [5.74, 6) is 0.852. The summed E-state index contributed by atoms with van der Waals surface area (Å²) in [6.07, 6.45) is 5.54. The summed E-state index contributed by atoms with van der Waals surface area (Å²) in [5, 5.41) is 13.4. The Morgan fingerprint density at radius 2 is 2.26 bits per heavy atom. The number of nitrogens with one attached hydrogen (secondary N) is 1. The van der Waals surface area contributed by atoms with Crippen LogP contribution in [0.5, 0.6) is 0 Å². The number of likely N-dealkylation sites (tertiary alicyclic amines) is 1.